The van der Waals surface area contributed by atoms with Crippen molar-refractivity contribution >= 4 is 89.2 Å². The van der Waals surface area contributed by atoms with E-state index in [1.54, 1.807) is 0 Å². The number of nitrogens with zero attached hydrogens (tertiary/aromatic N) is 1. The van der Waals surface area contributed by atoms with Crippen LogP contribution in [0.4, 0.5) is 17.1 Å². The molecule has 0 N–H and O–H groups in total. The Hall–Kier alpha value is -6.94. The fraction of sp³-hybridized carbons (Fsp3) is 0. The summed E-state index contributed by atoms with van der Waals surface area (Å²) in [6, 6.07) is 64.6. The molecule has 0 aliphatic rings. The lowest BCUT2D eigenvalue weighted by Gasteiger charge is -2.28. The van der Waals surface area contributed by atoms with E-state index in [0.29, 0.717) is 0 Å². The van der Waals surface area contributed by atoms with Gasteiger partial charge in [0.05, 0.1) is 16.8 Å². The van der Waals surface area contributed by atoms with Crippen molar-refractivity contribution in [1.82, 2.24) is 0 Å². The molecule has 0 bridgehead atoms. The van der Waals surface area contributed by atoms with Gasteiger partial charge in [-0.1, -0.05) is 170 Å². The van der Waals surface area contributed by atoms with Crippen molar-refractivity contribution in [3.8, 4) is 22.3 Å². The summed E-state index contributed by atoms with van der Waals surface area (Å²) < 4.78 is 9.32. The Labute approximate surface area is 323 Å². The molecule has 0 unspecified atom stereocenters. The lowest BCUT2D eigenvalue weighted by atomic mass is 9.99. The van der Waals surface area contributed by atoms with Gasteiger partial charge in [-0.25, -0.2) is 0 Å². The van der Waals surface area contributed by atoms with Crippen LogP contribution in [0.3, 0.4) is 0 Å². The number of benzene rings is 8. The quantitative estimate of drug-likeness (QED) is 0.163. The maximum absolute atomic E-state index is 6.79. The number of anilines is 3. The number of para-hydroxylation sites is 1. The molecule has 10 rings (SSSR count). The van der Waals surface area contributed by atoms with E-state index in [4.69, 9.17) is 4.42 Å². The minimum absolute atomic E-state index is 0.856. The highest BCUT2D eigenvalue weighted by atomic mass is 32.1. The number of allylic oxidation sites excluding steroid dienone is 1. The lowest BCUT2D eigenvalue weighted by molar-refractivity contribution is 0.670. The molecule has 260 valence electrons. The third-order valence-electron chi connectivity index (χ3n) is 10.4. The second kappa shape index (κ2) is 13.8. The first-order chi connectivity index (χ1) is 27.2. The summed E-state index contributed by atoms with van der Waals surface area (Å²) in [7, 11) is 0. The maximum Gasteiger partial charge on any atom is 0.143 e. The van der Waals surface area contributed by atoms with Gasteiger partial charge in [0, 0.05) is 36.8 Å². The highest BCUT2D eigenvalue weighted by Crippen LogP contribution is 2.50. The Bertz CT molecular complexity index is 3160. The average molecular weight is 722 g/mol. The molecule has 0 radical (unpaired) electrons. The van der Waals surface area contributed by atoms with Gasteiger partial charge in [-0.2, -0.15) is 0 Å². The van der Waals surface area contributed by atoms with Crippen molar-refractivity contribution in [2.45, 2.75) is 0 Å². The number of fused-ring (bicyclic) bond motifs is 6. The predicted octanol–water partition coefficient (Wildman–Crippen LogP) is 13.7. The van der Waals surface area contributed by atoms with Gasteiger partial charge in [0.15, 0.2) is 0 Å². The second-order valence-electron chi connectivity index (χ2n) is 13.8. The van der Waals surface area contributed by atoms with E-state index >= 15 is 0 Å². The molecular weight excluding hydrogens is 687 g/mol. The Balaban J connectivity index is 1.22. The fourth-order valence-electron chi connectivity index (χ4n) is 7.80. The van der Waals surface area contributed by atoms with Crippen LogP contribution in [-0.2, 0) is 0 Å². The number of hydrogen-bond donors (Lipinski definition) is 0. The molecule has 0 aliphatic heterocycles. The molecular formula is C52H35NOS. The third-order valence-corrected chi connectivity index (χ3v) is 11.6. The molecule has 0 atom stereocenters. The van der Waals surface area contributed by atoms with Crippen molar-refractivity contribution in [1.29, 1.82) is 0 Å². The topological polar surface area (TPSA) is 16.4 Å². The zero-order chi connectivity index (χ0) is 36.7. The molecule has 8 aromatic carbocycles. The zero-order valence-corrected chi connectivity index (χ0v) is 30.8. The van der Waals surface area contributed by atoms with Gasteiger partial charge < -0.3 is 9.32 Å². The fourth-order valence-corrected chi connectivity index (χ4v) is 9.06. The van der Waals surface area contributed by atoms with Crippen LogP contribution in [0.1, 0.15) is 5.56 Å². The summed E-state index contributed by atoms with van der Waals surface area (Å²) in [5, 5.41) is 6.79. The Morgan fingerprint density at radius 3 is 2.00 bits per heavy atom. The Kier molecular flexibility index (Phi) is 8.20. The monoisotopic (exact) mass is 721 g/mol. The number of rotatable bonds is 7. The molecule has 0 fully saturated rings. The number of furan rings is 1. The second-order valence-corrected chi connectivity index (χ2v) is 14.8. The van der Waals surface area contributed by atoms with Crippen molar-refractivity contribution < 1.29 is 4.42 Å². The van der Waals surface area contributed by atoms with Crippen LogP contribution in [0.2, 0.25) is 0 Å². The largest absolute Gasteiger partial charge is 0.455 e. The molecule has 0 aliphatic carbocycles. The molecule has 2 nitrogen and oxygen atoms in total. The van der Waals surface area contributed by atoms with E-state index in [1.165, 1.54) is 31.3 Å². The van der Waals surface area contributed by atoms with Crippen molar-refractivity contribution in [2.75, 3.05) is 4.90 Å². The molecule has 0 spiro atoms. The first-order valence-corrected chi connectivity index (χ1v) is 19.3. The first-order valence-electron chi connectivity index (χ1n) is 18.5. The SMILES string of the molecule is C=c1cccc/c1=C/C=C/c1ccc(N(c2cccc3oc4c(-c5ccccc5)cccc4c23)c2ccc(-c3ccccc3)c3sc4ccccc4c23)cc1. The Morgan fingerprint density at radius 2 is 1.20 bits per heavy atom. The van der Waals surface area contributed by atoms with E-state index in [2.05, 4.69) is 193 Å². The standard InChI is InChI=1S/C52H35NOS/c1-35-15-8-9-17-37(35)22-12-16-36-29-31-40(32-30-36)53(45-26-14-27-47-49(45)44-25-13-24-41(51(44)54-47)38-18-4-2-5-19-38)46-34-33-42(39-20-6-3-7-21-39)52-50(46)43-23-10-11-28-48(43)55-52/h2-34H,1H2/b16-12+,37-22-. The zero-order valence-electron chi connectivity index (χ0n) is 30.0. The predicted molar refractivity (Wildman–Crippen MR) is 237 cm³/mol. The summed E-state index contributed by atoms with van der Waals surface area (Å²) >= 11 is 1.86. The van der Waals surface area contributed by atoms with E-state index in [0.717, 1.165) is 66.1 Å². The third kappa shape index (κ3) is 5.83. The van der Waals surface area contributed by atoms with Gasteiger partial charge in [-0.05, 0) is 69.1 Å². The van der Waals surface area contributed by atoms with E-state index < -0.39 is 0 Å². The summed E-state index contributed by atoms with van der Waals surface area (Å²) in [5.41, 5.74) is 10.8. The van der Waals surface area contributed by atoms with E-state index in [-0.39, 0.29) is 0 Å². The van der Waals surface area contributed by atoms with Gasteiger partial charge in [-0.3, -0.25) is 0 Å². The van der Waals surface area contributed by atoms with Gasteiger partial charge in [-0.15, -0.1) is 11.3 Å². The first kappa shape index (κ1) is 32.7. The highest BCUT2D eigenvalue weighted by Gasteiger charge is 2.24. The molecule has 0 saturated carbocycles. The molecule has 2 heterocycles. The maximum atomic E-state index is 6.79. The van der Waals surface area contributed by atoms with E-state index in [1.807, 2.05) is 29.5 Å². The minimum atomic E-state index is 0.856. The van der Waals surface area contributed by atoms with Crippen LogP contribution >= 0.6 is 11.3 Å². The van der Waals surface area contributed by atoms with Crippen molar-refractivity contribution in [3.05, 3.63) is 204 Å². The average Bonchev–Trinajstić information content (AvgIpc) is 3.83. The summed E-state index contributed by atoms with van der Waals surface area (Å²) in [4.78, 5) is 2.43. The summed E-state index contributed by atoms with van der Waals surface area (Å²) in [6.45, 7) is 4.17. The van der Waals surface area contributed by atoms with Crippen LogP contribution in [0, 0.1) is 0 Å². The van der Waals surface area contributed by atoms with Crippen molar-refractivity contribution in [3.63, 3.8) is 0 Å². The van der Waals surface area contributed by atoms with Crippen LogP contribution in [0.15, 0.2) is 192 Å². The molecule has 0 saturated heterocycles. The van der Waals surface area contributed by atoms with Crippen LogP contribution in [0.5, 0.6) is 0 Å². The molecule has 2 aromatic heterocycles. The van der Waals surface area contributed by atoms with Gasteiger partial charge in [0.2, 0.25) is 0 Å². The van der Waals surface area contributed by atoms with Gasteiger partial charge in [0.25, 0.3) is 0 Å². The molecule has 0 amide bonds. The Morgan fingerprint density at radius 1 is 0.527 bits per heavy atom. The number of hydrogen-bond acceptors (Lipinski definition) is 3. The molecule has 3 heteroatoms. The van der Waals surface area contributed by atoms with Gasteiger partial charge >= 0.3 is 0 Å². The highest BCUT2D eigenvalue weighted by molar-refractivity contribution is 7.26. The van der Waals surface area contributed by atoms with E-state index in [9.17, 15) is 0 Å². The van der Waals surface area contributed by atoms with Crippen molar-refractivity contribution in [2.24, 2.45) is 0 Å². The van der Waals surface area contributed by atoms with Gasteiger partial charge in [0.1, 0.15) is 11.2 Å². The van der Waals surface area contributed by atoms with Crippen LogP contribution in [0.25, 0.3) is 83.1 Å². The summed E-state index contributed by atoms with van der Waals surface area (Å²) in [6.07, 6.45) is 6.36. The minimum Gasteiger partial charge on any atom is -0.455 e. The van der Waals surface area contributed by atoms with Crippen LogP contribution in [-0.4, -0.2) is 0 Å². The smallest absolute Gasteiger partial charge is 0.143 e. The summed E-state index contributed by atoms with van der Waals surface area (Å²) in [5.74, 6) is 0. The lowest BCUT2D eigenvalue weighted by Crippen LogP contribution is -2.21. The normalized spacial score (nSPS) is 12.1. The number of thiophene rings is 1. The van der Waals surface area contributed by atoms with Crippen LogP contribution < -0.4 is 15.3 Å². The molecule has 55 heavy (non-hydrogen) atoms. The molecule has 10 aromatic rings.